The van der Waals surface area contributed by atoms with E-state index in [1.165, 1.54) is 0 Å². The summed E-state index contributed by atoms with van der Waals surface area (Å²) in [7, 11) is 0. The Labute approximate surface area is 110 Å². The highest BCUT2D eigenvalue weighted by atomic mass is 16.6. The normalized spacial score (nSPS) is 24.5. The van der Waals surface area contributed by atoms with Gasteiger partial charge in [-0.25, -0.2) is 9.80 Å². The summed E-state index contributed by atoms with van der Waals surface area (Å²) in [6, 6.07) is 0. The number of hydrogen-bond donors (Lipinski definition) is 0. The van der Waals surface area contributed by atoms with E-state index in [0.717, 1.165) is 0 Å². The molecule has 0 aromatic heterocycles. The van der Waals surface area contributed by atoms with Crippen molar-refractivity contribution < 1.29 is 9.53 Å². The first-order valence-corrected chi connectivity index (χ1v) is 6.38. The fourth-order valence-electron chi connectivity index (χ4n) is 1.71. The largest absolute Gasteiger partial charge is 0.449 e. The third-order valence-corrected chi connectivity index (χ3v) is 2.42. The maximum Gasteiger partial charge on any atom is 0.426 e. The molecule has 0 spiro atoms. The molecular formula is C13H25N3O2. The van der Waals surface area contributed by atoms with E-state index in [0.29, 0.717) is 6.61 Å². The molecule has 1 rings (SSSR count). The first-order valence-electron chi connectivity index (χ1n) is 6.38. The van der Waals surface area contributed by atoms with E-state index in [9.17, 15) is 4.79 Å². The standard InChI is InChI=1S/C13H25N3O2/c1-8-18-11(17)15-10(9-14-12(2,3)4)16(15)13(5,6)7/h9-10H,8H2,1-7H3. The molecule has 0 radical (unpaired) electrons. The van der Waals surface area contributed by atoms with E-state index >= 15 is 0 Å². The number of carbonyl (C=O) groups is 1. The van der Waals surface area contributed by atoms with Crippen LogP contribution in [0.5, 0.6) is 0 Å². The number of nitrogens with zero attached hydrogens (tertiary/aromatic N) is 3. The van der Waals surface area contributed by atoms with E-state index < -0.39 is 0 Å². The van der Waals surface area contributed by atoms with Gasteiger partial charge in [-0.1, -0.05) is 0 Å². The first kappa shape index (κ1) is 15.0. The molecule has 5 heteroatoms. The van der Waals surface area contributed by atoms with Gasteiger partial charge in [-0.2, -0.15) is 5.01 Å². The van der Waals surface area contributed by atoms with Crippen LogP contribution in [0.4, 0.5) is 4.79 Å². The molecule has 2 atom stereocenters. The number of carbonyl (C=O) groups excluding carboxylic acids is 1. The van der Waals surface area contributed by atoms with Gasteiger partial charge in [0, 0.05) is 11.8 Å². The number of amides is 1. The van der Waals surface area contributed by atoms with Crippen LogP contribution in [0, 0.1) is 0 Å². The highest BCUT2D eigenvalue weighted by Gasteiger charge is 2.54. The van der Waals surface area contributed by atoms with Gasteiger partial charge >= 0.3 is 6.09 Å². The third kappa shape index (κ3) is 3.70. The van der Waals surface area contributed by atoms with Gasteiger partial charge in [0.1, 0.15) is 0 Å². The predicted molar refractivity (Wildman–Crippen MR) is 72.5 cm³/mol. The zero-order valence-corrected chi connectivity index (χ0v) is 12.5. The molecule has 1 aliphatic heterocycles. The minimum absolute atomic E-state index is 0.0942. The van der Waals surface area contributed by atoms with Crippen LogP contribution >= 0.6 is 0 Å². The Morgan fingerprint density at radius 1 is 1.28 bits per heavy atom. The summed E-state index contributed by atoms with van der Waals surface area (Å²) in [6.07, 6.45) is 1.42. The fourth-order valence-corrected chi connectivity index (χ4v) is 1.71. The summed E-state index contributed by atoms with van der Waals surface area (Å²) in [5, 5.41) is 3.58. The van der Waals surface area contributed by atoms with Crippen LogP contribution in [-0.4, -0.2) is 46.2 Å². The van der Waals surface area contributed by atoms with Crippen molar-refractivity contribution in [3.05, 3.63) is 0 Å². The van der Waals surface area contributed by atoms with Crippen LogP contribution in [-0.2, 0) is 4.74 Å². The summed E-state index contributed by atoms with van der Waals surface area (Å²) in [5.41, 5.74) is -0.256. The smallest absolute Gasteiger partial charge is 0.426 e. The number of rotatable bonds is 2. The van der Waals surface area contributed by atoms with Crippen molar-refractivity contribution in [1.82, 2.24) is 10.0 Å². The van der Waals surface area contributed by atoms with E-state index in [4.69, 9.17) is 4.74 Å². The number of hydrogen-bond acceptors (Lipinski definition) is 4. The monoisotopic (exact) mass is 255 g/mol. The molecule has 5 nitrogen and oxygen atoms in total. The maximum absolute atomic E-state index is 11.8. The van der Waals surface area contributed by atoms with Crippen LogP contribution in [0.3, 0.4) is 0 Å². The van der Waals surface area contributed by atoms with Crippen molar-refractivity contribution in [1.29, 1.82) is 0 Å². The Hall–Kier alpha value is -1.10. The molecule has 1 heterocycles. The van der Waals surface area contributed by atoms with Gasteiger partial charge in [-0.15, -0.1) is 0 Å². The summed E-state index contributed by atoms with van der Waals surface area (Å²) in [4.78, 5) is 16.3. The van der Waals surface area contributed by atoms with Crippen LogP contribution in [0.1, 0.15) is 48.5 Å². The molecule has 1 aliphatic rings. The van der Waals surface area contributed by atoms with Gasteiger partial charge in [0.15, 0.2) is 6.17 Å². The molecule has 0 aromatic carbocycles. The lowest BCUT2D eigenvalue weighted by Crippen LogP contribution is -2.31. The summed E-state index contributed by atoms with van der Waals surface area (Å²) in [5.74, 6) is 0. The van der Waals surface area contributed by atoms with Crippen LogP contribution in [0.15, 0.2) is 4.99 Å². The topological polar surface area (TPSA) is 44.7 Å². The van der Waals surface area contributed by atoms with Crippen LogP contribution in [0.2, 0.25) is 0 Å². The zero-order chi connectivity index (χ0) is 14.1. The Bertz CT molecular complexity index is 339. The Kier molecular flexibility index (Phi) is 4.05. The van der Waals surface area contributed by atoms with Crippen molar-refractivity contribution >= 4 is 12.3 Å². The van der Waals surface area contributed by atoms with Gasteiger partial charge in [0.05, 0.1) is 12.1 Å². The summed E-state index contributed by atoms with van der Waals surface area (Å²) in [6.45, 7) is 14.5. The van der Waals surface area contributed by atoms with Crippen molar-refractivity contribution in [3.8, 4) is 0 Å². The van der Waals surface area contributed by atoms with Crippen LogP contribution < -0.4 is 0 Å². The Morgan fingerprint density at radius 3 is 2.22 bits per heavy atom. The molecule has 104 valence electrons. The third-order valence-electron chi connectivity index (χ3n) is 2.42. The lowest BCUT2D eigenvalue weighted by atomic mass is 10.1. The predicted octanol–water partition coefficient (Wildman–Crippen LogP) is 2.67. The lowest BCUT2D eigenvalue weighted by molar-refractivity contribution is 0.100. The maximum atomic E-state index is 11.8. The Morgan fingerprint density at radius 2 is 1.83 bits per heavy atom. The lowest BCUT2D eigenvalue weighted by Gasteiger charge is -2.19. The van der Waals surface area contributed by atoms with Gasteiger partial charge in [-0.05, 0) is 48.5 Å². The van der Waals surface area contributed by atoms with Crippen molar-refractivity contribution in [2.45, 2.75) is 65.7 Å². The minimum Gasteiger partial charge on any atom is -0.449 e. The molecular weight excluding hydrogens is 230 g/mol. The van der Waals surface area contributed by atoms with E-state index in [2.05, 4.69) is 25.8 Å². The van der Waals surface area contributed by atoms with E-state index in [-0.39, 0.29) is 23.3 Å². The van der Waals surface area contributed by atoms with Crippen molar-refractivity contribution in [2.24, 2.45) is 4.99 Å². The molecule has 0 N–H and O–H groups in total. The van der Waals surface area contributed by atoms with Gasteiger partial charge in [-0.3, -0.25) is 4.99 Å². The molecule has 1 amide bonds. The van der Waals surface area contributed by atoms with Gasteiger partial charge in [0.2, 0.25) is 0 Å². The van der Waals surface area contributed by atoms with E-state index in [1.807, 2.05) is 32.0 Å². The molecule has 0 saturated carbocycles. The second kappa shape index (κ2) is 4.88. The summed E-state index contributed by atoms with van der Waals surface area (Å²) < 4.78 is 5.04. The Balaban J connectivity index is 2.77. The number of hydrazine groups is 1. The SMILES string of the molecule is CCOC(=O)N1C(C=NC(C)(C)C)N1C(C)(C)C. The molecule has 0 aromatic rings. The quantitative estimate of drug-likeness (QED) is 0.563. The second-order valence-corrected chi connectivity index (χ2v) is 6.42. The highest BCUT2D eigenvalue weighted by Crippen LogP contribution is 2.35. The highest BCUT2D eigenvalue weighted by molar-refractivity contribution is 5.79. The first-order chi connectivity index (χ1) is 8.08. The molecule has 0 aliphatic carbocycles. The van der Waals surface area contributed by atoms with E-state index in [1.54, 1.807) is 11.9 Å². The van der Waals surface area contributed by atoms with Crippen molar-refractivity contribution in [2.75, 3.05) is 6.61 Å². The average molecular weight is 255 g/mol. The van der Waals surface area contributed by atoms with Gasteiger partial charge < -0.3 is 4.74 Å². The molecule has 1 fully saturated rings. The number of aliphatic imine (C=N–C) groups is 1. The number of ether oxygens (including phenoxy) is 1. The van der Waals surface area contributed by atoms with Gasteiger partial charge in [0.25, 0.3) is 0 Å². The minimum atomic E-state index is -0.308. The second-order valence-electron chi connectivity index (χ2n) is 6.42. The molecule has 1 saturated heterocycles. The zero-order valence-electron chi connectivity index (χ0n) is 12.5. The molecule has 0 bridgehead atoms. The van der Waals surface area contributed by atoms with Crippen molar-refractivity contribution in [3.63, 3.8) is 0 Å². The average Bonchev–Trinajstić information content (AvgIpc) is 2.87. The fraction of sp³-hybridized carbons (Fsp3) is 0.846. The summed E-state index contributed by atoms with van der Waals surface area (Å²) >= 11 is 0. The van der Waals surface area contributed by atoms with Crippen LogP contribution in [0.25, 0.3) is 0 Å². The molecule has 2 unspecified atom stereocenters. The molecule has 18 heavy (non-hydrogen) atoms.